The molecule has 0 aromatic heterocycles. The van der Waals surface area contributed by atoms with Crippen molar-refractivity contribution >= 4 is 16.8 Å². The Balaban J connectivity index is 2.16. The third kappa shape index (κ3) is 4.96. The Morgan fingerprint density at radius 3 is 2.60 bits per heavy atom. The summed E-state index contributed by atoms with van der Waals surface area (Å²) in [6, 6.07) is 0.687. The minimum absolute atomic E-state index is 0.216. The highest BCUT2D eigenvalue weighted by Crippen LogP contribution is 2.14. The van der Waals surface area contributed by atoms with E-state index in [0.29, 0.717) is 12.5 Å². The van der Waals surface area contributed by atoms with Crippen LogP contribution < -0.4 is 0 Å². The number of hydrogen-bond donors (Lipinski definition) is 0. The average molecular weight is 233 g/mol. The van der Waals surface area contributed by atoms with E-state index < -0.39 is 0 Å². The van der Waals surface area contributed by atoms with Crippen LogP contribution in [0.15, 0.2) is 0 Å². The van der Waals surface area contributed by atoms with E-state index in [-0.39, 0.29) is 5.24 Å². The van der Waals surface area contributed by atoms with Crippen LogP contribution in [0.4, 0.5) is 0 Å². The topological polar surface area (TPSA) is 23.6 Å². The number of likely N-dealkylation sites (tertiary alicyclic amines) is 1. The molecule has 0 spiro atoms. The fourth-order valence-electron chi connectivity index (χ4n) is 2.09. The van der Waals surface area contributed by atoms with Crippen LogP contribution >= 0.6 is 11.6 Å². The lowest BCUT2D eigenvalue weighted by atomic mass is 10.0. The molecule has 4 heteroatoms. The van der Waals surface area contributed by atoms with Gasteiger partial charge in [0.2, 0.25) is 5.24 Å². The maximum Gasteiger partial charge on any atom is 0.221 e. The molecule has 0 amide bonds. The van der Waals surface area contributed by atoms with Gasteiger partial charge in [0.1, 0.15) is 0 Å². The minimum atomic E-state index is -0.216. The van der Waals surface area contributed by atoms with Crippen molar-refractivity contribution in [3.05, 3.63) is 0 Å². The molecule has 1 aliphatic rings. The molecular weight excluding hydrogens is 212 g/mol. The van der Waals surface area contributed by atoms with Crippen LogP contribution in [0.3, 0.4) is 0 Å². The van der Waals surface area contributed by atoms with Crippen LogP contribution in [-0.2, 0) is 4.79 Å². The molecule has 15 heavy (non-hydrogen) atoms. The molecule has 88 valence electrons. The predicted molar refractivity (Wildman–Crippen MR) is 63.2 cm³/mol. The number of carbonyl (C=O) groups is 1. The van der Waals surface area contributed by atoms with E-state index in [0.717, 1.165) is 13.0 Å². The van der Waals surface area contributed by atoms with Gasteiger partial charge < -0.3 is 9.80 Å². The number of piperidine rings is 1. The number of hydrogen-bond acceptors (Lipinski definition) is 3. The number of carbonyl (C=O) groups excluding carboxylic acids is 1. The van der Waals surface area contributed by atoms with Crippen molar-refractivity contribution in [3.63, 3.8) is 0 Å². The molecule has 3 nitrogen and oxygen atoms in total. The maximum absolute atomic E-state index is 10.6. The van der Waals surface area contributed by atoms with Gasteiger partial charge in [-0.05, 0) is 64.6 Å². The first-order valence-electron chi connectivity index (χ1n) is 5.66. The first-order valence-corrected chi connectivity index (χ1v) is 6.04. The summed E-state index contributed by atoms with van der Waals surface area (Å²) in [6.07, 6.45) is 3.85. The van der Waals surface area contributed by atoms with E-state index in [1.165, 1.54) is 25.9 Å². The zero-order valence-corrected chi connectivity index (χ0v) is 10.5. The Hall–Kier alpha value is -0.120. The summed E-state index contributed by atoms with van der Waals surface area (Å²) in [7, 11) is 4.32. The molecule has 0 unspecified atom stereocenters. The number of rotatable bonds is 5. The largest absolute Gasteiger partial charge is 0.306 e. The predicted octanol–water partition coefficient (Wildman–Crippen LogP) is 1.56. The van der Waals surface area contributed by atoms with E-state index in [1.54, 1.807) is 0 Å². The Kier molecular flexibility index (Phi) is 5.58. The normalized spacial score (nSPS) is 19.7. The van der Waals surface area contributed by atoms with Crippen LogP contribution in [0.2, 0.25) is 0 Å². The smallest absolute Gasteiger partial charge is 0.221 e. The molecule has 1 heterocycles. The molecule has 0 bridgehead atoms. The van der Waals surface area contributed by atoms with Crippen molar-refractivity contribution in [3.8, 4) is 0 Å². The maximum atomic E-state index is 10.6. The third-order valence-corrected chi connectivity index (χ3v) is 3.38. The van der Waals surface area contributed by atoms with Gasteiger partial charge in [-0.25, -0.2) is 0 Å². The fourth-order valence-corrected chi connectivity index (χ4v) is 2.22. The highest BCUT2D eigenvalue weighted by Gasteiger charge is 2.19. The van der Waals surface area contributed by atoms with Gasteiger partial charge in [0, 0.05) is 12.5 Å². The fraction of sp³-hybridized carbons (Fsp3) is 0.909. The van der Waals surface area contributed by atoms with Crippen molar-refractivity contribution in [2.75, 3.05) is 33.7 Å². The zero-order valence-electron chi connectivity index (χ0n) is 9.71. The lowest BCUT2D eigenvalue weighted by Crippen LogP contribution is -2.42. The summed E-state index contributed by atoms with van der Waals surface area (Å²) in [5.41, 5.74) is 0. The molecule has 0 aliphatic carbocycles. The van der Waals surface area contributed by atoms with Crippen LogP contribution in [0.1, 0.15) is 25.7 Å². The highest BCUT2D eigenvalue weighted by molar-refractivity contribution is 6.63. The van der Waals surface area contributed by atoms with Crippen LogP contribution in [0.5, 0.6) is 0 Å². The Morgan fingerprint density at radius 1 is 1.47 bits per heavy atom. The van der Waals surface area contributed by atoms with Crippen molar-refractivity contribution in [1.82, 2.24) is 9.80 Å². The molecule has 1 fully saturated rings. The number of halogens is 1. The second-order valence-corrected chi connectivity index (χ2v) is 4.90. The first-order chi connectivity index (χ1) is 7.09. The van der Waals surface area contributed by atoms with E-state index in [9.17, 15) is 4.79 Å². The molecule has 0 aromatic carbocycles. The Bertz CT molecular complexity index is 203. The monoisotopic (exact) mass is 232 g/mol. The molecule has 0 saturated carbocycles. The number of nitrogens with zero attached hydrogens (tertiary/aromatic N) is 2. The summed E-state index contributed by atoms with van der Waals surface area (Å²) in [4.78, 5) is 15.3. The molecule has 0 radical (unpaired) electrons. The van der Waals surface area contributed by atoms with Gasteiger partial charge in [-0.2, -0.15) is 0 Å². The Morgan fingerprint density at radius 2 is 2.07 bits per heavy atom. The zero-order chi connectivity index (χ0) is 11.3. The summed E-state index contributed by atoms with van der Waals surface area (Å²) in [5, 5.41) is -0.216. The van der Waals surface area contributed by atoms with Gasteiger partial charge in [-0.15, -0.1) is 0 Å². The van der Waals surface area contributed by atoms with E-state index in [2.05, 4.69) is 23.9 Å². The highest BCUT2D eigenvalue weighted by atomic mass is 35.5. The second-order valence-electron chi connectivity index (χ2n) is 4.47. The summed E-state index contributed by atoms with van der Waals surface area (Å²) < 4.78 is 0. The van der Waals surface area contributed by atoms with Gasteiger partial charge >= 0.3 is 0 Å². The molecule has 0 atom stereocenters. The van der Waals surface area contributed by atoms with Crippen molar-refractivity contribution < 1.29 is 4.79 Å². The second kappa shape index (κ2) is 6.46. The Labute approximate surface area is 97.4 Å². The van der Waals surface area contributed by atoms with E-state index in [1.807, 2.05) is 0 Å². The molecule has 1 rings (SSSR count). The summed E-state index contributed by atoms with van der Waals surface area (Å²) >= 11 is 5.30. The van der Waals surface area contributed by atoms with Gasteiger partial charge in [0.15, 0.2) is 0 Å². The van der Waals surface area contributed by atoms with Crippen LogP contribution in [0.25, 0.3) is 0 Å². The molecule has 1 aliphatic heterocycles. The molecule has 0 N–H and O–H groups in total. The van der Waals surface area contributed by atoms with Crippen molar-refractivity contribution in [1.29, 1.82) is 0 Å². The first kappa shape index (κ1) is 12.9. The quantitative estimate of drug-likeness (QED) is 0.673. The van der Waals surface area contributed by atoms with E-state index >= 15 is 0 Å². The van der Waals surface area contributed by atoms with Gasteiger partial charge in [0.25, 0.3) is 0 Å². The van der Waals surface area contributed by atoms with Crippen molar-refractivity contribution in [2.45, 2.75) is 31.7 Å². The third-order valence-electron chi connectivity index (χ3n) is 3.20. The van der Waals surface area contributed by atoms with Crippen LogP contribution in [0, 0.1) is 0 Å². The molecule has 0 aromatic rings. The van der Waals surface area contributed by atoms with Crippen molar-refractivity contribution in [2.24, 2.45) is 0 Å². The van der Waals surface area contributed by atoms with Crippen LogP contribution in [-0.4, -0.2) is 54.8 Å². The van der Waals surface area contributed by atoms with Gasteiger partial charge in [-0.3, -0.25) is 4.79 Å². The summed E-state index contributed by atoms with van der Waals surface area (Å²) in [5.74, 6) is 0. The molecule has 1 saturated heterocycles. The SMILES string of the molecule is CN1CCC(N(C)CCCC(=O)Cl)CC1. The lowest BCUT2D eigenvalue weighted by molar-refractivity contribution is -0.111. The summed E-state index contributed by atoms with van der Waals surface area (Å²) in [6.45, 7) is 3.35. The van der Waals surface area contributed by atoms with Gasteiger partial charge in [0.05, 0.1) is 0 Å². The molecular formula is C11H21ClN2O. The van der Waals surface area contributed by atoms with Gasteiger partial charge in [-0.1, -0.05) is 0 Å². The minimum Gasteiger partial charge on any atom is -0.306 e. The average Bonchev–Trinajstić information content (AvgIpc) is 2.18. The standard InChI is InChI=1S/C11H21ClN2O/c1-13-8-5-10(6-9-13)14(2)7-3-4-11(12)15/h10H,3-9H2,1-2H3. The van der Waals surface area contributed by atoms with E-state index in [4.69, 9.17) is 11.6 Å². The lowest BCUT2D eigenvalue weighted by Gasteiger charge is -2.35.